The quantitative estimate of drug-likeness (QED) is 0.749. The van der Waals surface area contributed by atoms with E-state index in [9.17, 15) is 4.21 Å². The minimum Gasteiger partial charge on any atom is -0.309 e. The van der Waals surface area contributed by atoms with Gasteiger partial charge in [-0.25, -0.2) is 0 Å². The summed E-state index contributed by atoms with van der Waals surface area (Å²) in [5, 5.41) is 3.55. The van der Waals surface area contributed by atoms with Crippen LogP contribution >= 0.6 is 0 Å². The fourth-order valence-electron chi connectivity index (χ4n) is 2.38. The third kappa shape index (κ3) is 6.19. The summed E-state index contributed by atoms with van der Waals surface area (Å²) in [5.41, 5.74) is 3.84. The van der Waals surface area contributed by atoms with E-state index >= 15 is 0 Å². The maximum Gasteiger partial charge on any atom is 0.0437 e. The normalized spacial score (nSPS) is 14.2. The lowest BCUT2D eigenvalue weighted by molar-refractivity contribution is 0.568. The molecule has 0 aliphatic heterocycles. The molecule has 0 saturated heterocycles. The largest absolute Gasteiger partial charge is 0.309 e. The van der Waals surface area contributed by atoms with Gasteiger partial charge in [0.2, 0.25) is 0 Å². The summed E-state index contributed by atoms with van der Waals surface area (Å²) in [6, 6.07) is 6.84. The van der Waals surface area contributed by atoms with Gasteiger partial charge in [-0.3, -0.25) is 4.21 Å². The van der Waals surface area contributed by atoms with E-state index in [-0.39, 0.29) is 6.04 Å². The average molecular weight is 295 g/mol. The predicted molar refractivity (Wildman–Crippen MR) is 89.7 cm³/mol. The molecule has 0 amide bonds. The lowest BCUT2D eigenvalue weighted by atomic mass is 10.0. The van der Waals surface area contributed by atoms with Crippen LogP contribution in [0.4, 0.5) is 0 Å². The Labute approximate surface area is 126 Å². The molecule has 1 aromatic rings. The second-order valence-corrected chi connectivity index (χ2v) is 7.21. The third-order valence-corrected chi connectivity index (χ3v) is 4.81. The third-order valence-electron chi connectivity index (χ3n) is 3.37. The Kier molecular flexibility index (Phi) is 8.08. The molecule has 1 rings (SSSR count). The van der Waals surface area contributed by atoms with Crippen molar-refractivity contribution in [2.75, 3.05) is 18.1 Å². The lowest BCUT2D eigenvalue weighted by Crippen LogP contribution is -2.27. The molecule has 1 aromatic carbocycles. The van der Waals surface area contributed by atoms with Gasteiger partial charge in [0, 0.05) is 28.3 Å². The Morgan fingerprint density at radius 1 is 1.10 bits per heavy atom. The molecule has 0 aromatic heterocycles. The molecular formula is C17H29NOS. The van der Waals surface area contributed by atoms with E-state index in [4.69, 9.17) is 0 Å². The zero-order chi connectivity index (χ0) is 15.0. The van der Waals surface area contributed by atoms with Gasteiger partial charge < -0.3 is 5.32 Å². The summed E-state index contributed by atoms with van der Waals surface area (Å²) in [6.45, 7) is 9.54. The van der Waals surface area contributed by atoms with Gasteiger partial charge in [-0.15, -0.1) is 0 Å². The van der Waals surface area contributed by atoms with Crippen molar-refractivity contribution in [1.82, 2.24) is 5.32 Å². The van der Waals surface area contributed by atoms with E-state index < -0.39 is 10.8 Å². The van der Waals surface area contributed by atoms with Gasteiger partial charge >= 0.3 is 0 Å². The molecule has 20 heavy (non-hydrogen) atoms. The predicted octanol–water partition coefficient (Wildman–Crippen LogP) is 3.89. The fourth-order valence-corrected chi connectivity index (χ4v) is 3.84. The van der Waals surface area contributed by atoms with Crippen LogP contribution in [-0.4, -0.2) is 22.3 Å². The Hall–Kier alpha value is -0.670. The molecule has 0 fully saturated rings. The van der Waals surface area contributed by atoms with E-state index in [1.807, 2.05) is 0 Å². The summed E-state index contributed by atoms with van der Waals surface area (Å²) in [7, 11) is -0.730. The van der Waals surface area contributed by atoms with Crippen molar-refractivity contribution in [3.05, 3.63) is 34.9 Å². The molecule has 0 bridgehead atoms. The van der Waals surface area contributed by atoms with Crippen LogP contribution in [0.3, 0.4) is 0 Å². The first-order valence-corrected chi connectivity index (χ1v) is 9.22. The maximum atomic E-state index is 12.2. The van der Waals surface area contributed by atoms with E-state index in [2.05, 4.69) is 51.2 Å². The molecule has 114 valence electrons. The SMILES string of the molecule is CCCCS(=O)CC(NCCC)c1cc(C)cc(C)c1. The number of hydrogen-bond donors (Lipinski definition) is 1. The van der Waals surface area contributed by atoms with Crippen LogP contribution in [0.5, 0.6) is 0 Å². The highest BCUT2D eigenvalue weighted by molar-refractivity contribution is 7.85. The second kappa shape index (κ2) is 9.30. The molecule has 2 nitrogen and oxygen atoms in total. The van der Waals surface area contributed by atoms with Crippen LogP contribution in [0, 0.1) is 13.8 Å². The van der Waals surface area contributed by atoms with Crippen LogP contribution in [0.25, 0.3) is 0 Å². The number of unbranched alkanes of at least 4 members (excludes halogenated alkanes) is 1. The highest BCUT2D eigenvalue weighted by atomic mass is 32.2. The van der Waals surface area contributed by atoms with Crippen LogP contribution < -0.4 is 5.32 Å². The first-order chi connectivity index (χ1) is 9.56. The van der Waals surface area contributed by atoms with Crippen molar-refractivity contribution < 1.29 is 4.21 Å². The minimum absolute atomic E-state index is 0.214. The first kappa shape index (κ1) is 17.4. The topological polar surface area (TPSA) is 29.1 Å². The van der Waals surface area contributed by atoms with Gasteiger partial charge in [0.15, 0.2) is 0 Å². The van der Waals surface area contributed by atoms with Crippen LogP contribution in [0.1, 0.15) is 55.8 Å². The number of benzene rings is 1. The van der Waals surface area contributed by atoms with E-state index in [0.717, 1.165) is 37.3 Å². The van der Waals surface area contributed by atoms with Crippen LogP contribution in [-0.2, 0) is 10.8 Å². The summed E-state index contributed by atoms with van der Waals surface area (Å²) < 4.78 is 12.2. The number of hydrogen-bond acceptors (Lipinski definition) is 2. The molecule has 0 spiro atoms. The Bertz CT molecular complexity index is 411. The van der Waals surface area contributed by atoms with Crippen LogP contribution in [0.2, 0.25) is 0 Å². The van der Waals surface area contributed by atoms with Gasteiger partial charge in [0.05, 0.1) is 0 Å². The summed E-state index contributed by atoms with van der Waals surface area (Å²) in [5.74, 6) is 1.55. The van der Waals surface area contributed by atoms with Gasteiger partial charge in [-0.1, -0.05) is 49.6 Å². The smallest absolute Gasteiger partial charge is 0.0437 e. The molecule has 2 unspecified atom stereocenters. The molecule has 1 N–H and O–H groups in total. The summed E-state index contributed by atoms with van der Waals surface area (Å²) in [6.07, 6.45) is 3.27. The Balaban J connectivity index is 2.79. The molecule has 0 saturated carbocycles. The van der Waals surface area contributed by atoms with E-state index in [1.165, 1.54) is 16.7 Å². The van der Waals surface area contributed by atoms with Crippen molar-refractivity contribution in [2.24, 2.45) is 0 Å². The molecule has 0 aliphatic carbocycles. The lowest BCUT2D eigenvalue weighted by Gasteiger charge is -2.20. The number of nitrogens with one attached hydrogen (secondary N) is 1. The summed E-state index contributed by atoms with van der Waals surface area (Å²) >= 11 is 0. The van der Waals surface area contributed by atoms with Gasteiger partial charge in [0.25, 0.3) is 0 Å². The molecule has 0 aliphatic rings. The van der Waals surface area contributed by atoms with E-state index in [0.29, 0.717) is 0 Å². The van der Waals surface area contributed by atoms with Gasteiger partial charge in [-0.05, 0) is 38.8 Å². The zero-order valence-electron chi connectivity index (χ0n) is 13.4. The Morgan fingerprint density at radius 2 is 1.75 bits per heavy atom. The van der Waals surface area contributed by atoms with Crippen LogP contribution in [0.15, 0.2) is 18.2 Å². The van der Waals surface area contributed by atoms with Crippen molar-refractivity contribution in [3.8, 4) is 0 Å². The van der Waals surface area contributed by atoms with Gasteiger partial charge in [0.1, 0.15) is 0 Å². The first-order valence-electron chi connectivity index (χ1n) is 7.73. The molecular weight excluding hydrogens is 266 g/mol. The Morgan fingerprint density at radius 3 is 2.30 bits per heavy atom. The fraction of sp³-hybridized carbons (Fsp3) is 0.647. The van der Waals surface area contributed by atoms with Crippen molar-refractivity contribution >= 4 is 10.8 Å². The highest BCUT2D eigenvalue weighted by Crippen LogP contribution is 2.18. The molecule has 0 heterocycles. The maximum absolute atomic E-state index is 12.2. The van der Waals surface area contributed by atoms with E-state index in [1.54, 1.807) is 0 Å². The standard InChI is InChI=1S/C17H29NOS/c1-5-7-9-20(19)13-17(18-8-6-2)16-11-14(3)10-15(4)12-16/h10-12,17-18H,5-9,13H2,1-4H3. The van der Waals surface area contributed by atoms with Crippen molar-refractivity contribution in [3.63, 3.8) is 0 Å². The summed E-state index contributed by atoms with van der Waals surface area (Å²) in [4.78, 5) is 0. The van der Waals surface area contributed by atoms with Crippen molar-refractivity contribution in [2.45, 2.75) is 53.0 Å². The van der Waals surface area contributed by atoms with Gasteiger partial charge in [-0.2, -0.15) is 0 Å². The second-order valence-electron chi connectivity index (χ2n) is 5.59. The van der Waals surface area contributed by atoms with Crippen molar-refractivity contribution in [1.29, 1.82) is 0 Å². The monoisotopic (exact) mass is 295 g/mol. The highest BCUT2D eigenvalue weighted by Gasteiger charge is 2.14. The number of rotatable bonds is 9. The molecule has 2 atom stereocenters. The molecule has 3 heteroatoms. The number of aryl methyl sites for hydroxylation is 2. The average Bonchev–Trinajstić information content (AvgIpc) is 2.40. The zero-order valence-corrected chi connectivity index (χ0v) is 14.2. The minimum atomic E-state index is -0.730. The molecule has 0 radical (unpaired) electrons.